The molecule has 0 spiro atoms. The van der Waals surface area contributed by atoms with Crippen LogP contribution in [-0.2, 0) is 0 Å². The highest BCUT2D eigenvalue weighted by Gasteiger charge is 2.15. The van der Waals surface area contributed by atoms with E-state index in [1.807, 2.05) is 18.2 Å². The minimum absolute atomic E-state index is 0.00403. The van der Waals surface area contributed by atoms with Crippen molar-refractivity contribution in [3.05, 3.63) is 49.6 Å². The molecule has 0 fully saturated rings. The van der Waals surface area contributed by atoms with Crippen LogP contribution in [0.25, 0.3) is 0 Å². The number of hydrogen-bond acceptors (Lipinski definition) is 0. The number of allylic oxidation sites excluding steroid dienone is 5. The summed E-state index contributed by atoms with van der Waals surface area (Å²) in [7, 11) is 0. The molecular formula is C11H16. The van der Waals surface area contributed by atoms with Crippen LogP contribution in [-0.4, -0.2) is 0 Å². The van der Waals surface area contributed by atoms with E-state index < -0.39 is 0 Å². The molecule has 0 unspecified atom stereocenters. The fourth-order valence-electron chi connectivity index (χ4n) is 0.791. The lowest BCUT2D eigenvalue weighted by atomic mass is 9.84. The lowest BCUT2D eigenvalue weighted by Crippen LogP contribution is -2.08. The van der Waals surface area contributed by atoms with Gasteiger partial charge in [0.2, 0.25) is 0 Å². The van der Waals surface area contributed by atoms with Gasteiger partial charge in [-0.05, 0) is 5.57 Å². The van der Waals surface area contributed by atoms with Crippen molar-refractivity contribution in [2.45, 2.75) is 13.8 Å². The SMILES string of the molecule is C=C/C=C(\C=C)C(C)(C)C=C. The van der Waals surface area contributed by atoms with E-state index in [2.05, 4.69) is 33.6 Å². The fourth-order valence-corrected chi connectivity index (χ4v) is 0.791. The molecular weight excluding hydrogens is 132 g/mol. The summed E-state index contributed by atoms with van der Waals surface area (Å²) in [6.45, 7) is 15.3. The van der Waals surface area contributed by atoms with Crippen molar-refractivity contribution in [2.75, 3.05) is 0 Å². The second kappa shape index (κ2) is 3.97. The Morgan fingerprint density at radius 3 is 2.00 bits per heavy atom. The van der Waals surface area contributed by atoms with Gasteiger partial charge in [-0.2, -0.15) is 0 Å². The third-order valence-corrected chi connectivity index (χ3v) is 1.77. The van der Waals surface area contributed by atoms with Gasteiger partial charge in [-0.3, -0.25) is 0 Å². The van der Waals surface area contributed by atoms with Crippen LogP contribution in [0, 0.1) is 5.41 Å². The van der Waals surface area contributed by atoms with Crippen LogP contribution in [0.1, 0.15) is 13.8 Å². The molecule has 0 rings (SSSR count). The molecule has 0 amide bonds. The van der Waals surface area contributed by atoms with Gasteiger partial charge in [-0.25, -0.2) is 0 Å². The van der Waals surface area contributed by atoms with Gasteiger partial charge < -0.3 is 0 Å². The molecule has 0 aromatic rings. The van der Waals surface area contributed by atoms with Crippen LogP contribution in [0.4, 0.5) is 0 Å². The highest BCUT2D eigenvalue weighted by Crippen LogP contribution is 2.27. The smallest absolute Gasteiger partial charge is 0.00724 e. The minimum atomic E-state index is -0.00403. The third-order valence-electron chi connectivity index (χ3n) is 1.77. The molecule has 0 heteroatoms. The first kappa shape index (κ1) is 9.96. The Morgan fingerprint density at radius 1 is 1.18 bits per heavy atom. The Morgan fingerprint density at radius 2 is 1.73 bits per heavy atom. The summed E-state index contributed by atoms with van der Waals surface area (Å²) in [6, 6.07) is 0. The maximum atomic E-state index is 3.76. The molecule has 0 heterocycles. The van der Waals surface area contributed by atoms with Crippen LogP contribution >= 0.6 is 0 Å². The molecule has 60 valence electrons. The topological polar surface area (TPSA) is 0 Å². The van der Waals surface area contributed by atoms with E-state index >= 15 is 0 Å². The monoisotopic (exact) mass is 148 g/mol. The summed E-state index contributed by atoms with van der Waals surface area (Å²) in [5.74, 6) is 0. The van der Waals surface area contributed by atoms with Crippen molar-refractivity contribution in [2.24, 2.45) is 5.41 Å². The molecule has 0 aromatic carbocycles. The number of rotatable bonds is 4. The fraction of sp³-hybridized carbons (Fsp3) is 0.273. The van der Waals surface area contributed by atoms with Crippen molar-refractivity contribution in [3.8, 4) is 0 Å². The lowest BCUT2D eigenvalue weighted by molar-refractivity contribution is 0.597. The van der Waals surface area contributed by atoms with E-state index in [0.717, 1.165) is 5.57 Å². The van der Waals surface area contributed by atoms with Crippen LogP contribution < -0.4 is 0 Å². The van der Waals surface area contributed by atoms with Gasteiger partial charge in [0.15, 0.2) is 0 Å². The van der Waals surface area contributed by atoms with Gasteiger partial charge in [0.1, 0.15) is 0 Å². The average Bonchev–Trinajstić information content (AvgIpc) is 2.00. The highest BCUT2D eigenvalue weighted by molar-refractivity contribution is 5.30. The van der Waals surface area contributed by atoms with Crippen LogP contribution in [0.3, 0.4) is 0 Å². The molecule has 0 nitrogen and oxygen atoms in total. The van der Waals surface area contributed by atoms with Gasteiger partial charge in [0.05, 0.1) is 0 Å². The average molecular weight is 148 g/mol. The molecule has 0 saturated carbocycles. The standard InChI is InChI=1S/C11H16/c1-6-9-10(7-2)11(4,5)8-3/h6-9H,1-3H2,4-5H3/b10-9+. The van der Waals surface area contributed by atoms with Crippen molar-refractivity contribution < 1.29 is 0 Å². The summed E-state index contributed by atoms with van der Waals surface area (Å²) in [5.41, 5.74) is 1.14. The molecule has 11 heavy (non-hydrogen) atoms. The van der Waals surface area contributed by atoms with Crippen LogP contribution in [0.5, 0.6) is 0 Å². The first-order chi connectivity index (χ1) is 5.08. The number of hydrogen-bond donors (Lipinski definition) is 0. The van der Waals surface area contributed by atoms with Crippen molar-refractivity contribution in [1.29, 1.82) is 0 Å². The first-order valence-corrected chi connectivity index (χ1v) is 3.67. The molecule has 0 saturated heterocycles. The van der Waals surface area contributed by atoms with E-state index in [1.165, 1.54) is 0 Å². The highest BCUT2D eigenvalue weighted by atomic mass is 14.2. The molecule has 0 aliphatic carbocycles. The summed E-state index contributed by atoms with van der Waals surface area (Å²) in [6.07, 6.45) is 7.46. The Labute approximate surface area is 69.6 Å². The molecule has 0 aliphatic rings. The van der Waals surface area contributed by atoms with Gasteiger partial charge in [-0.15, -0.1) is 6.58 Å². The third kappa shape index (κ3) is 2.58. The normalized spacial score (nSPS) is 12.4. The Bertz CT molecular complexity index is 192. The van der Waals surface area contributed by atoms with Crippen LogP contribution in [0.15, 0.2) is 49.6 Å². The Balaban J connectivity index is 4.76. The van der Waals surface area contributed by atoms with Gasteiger partial charge >= 0.3 is 0 Å². The lowest BCUT2D eigenvalue weighted by Gasteiger charge is -2.20. The summed E-state index contributed by atoms with van der Waals surface area (Å²) < 4.78 is 0. The quantitative estimate of drug-likeness (QED) is 0.423. The Kier molecular flexibility index (Phi) is 3.59. The van der Waals surface area contributed by atoms with Crippen molar-refractivity contribution in [3.63, 3.8) is 0 Å². The molecule has 0 radical (unpaired) electrons. The molecule has 0 aromatic heterocycles. The van der Waals surface area contributed by atoms with Crippen LogP contribution in [0.2, 0.25) is 0 Å². The second-order valence-corrected chi connectivity index (χ2v) is 2.99. The summed E-state index contributed by atoms with van der Waals surface area (Å²) >= 11 is 0. The zero-order valence-electron chi connectivity index (χ0n) is 7.43. The molecule has 0 N–H and O–H groups in total. The maximum Gasteiger partial charge on any atom is 0.00724 e. The van der Waals surface area contributed by atoms with E-state index in [4.69, 9.17) is 0 Å². The zero-order valence-corrected chi connectivity index (χ0v) is 7.43. The van der Waals surface area contributed by atoms with Gasteiger partial charge in [0, 0.05) is 5.41 Å². The summed E-state index contributed by atoms with van der Waals surface area (Å²) in [4.78, 5) is 0. The maximum absolute atomic E-state index is 3.76. The van der Waals surface area contributed by atoms with Crippen molar-refractivity contribution in [1.82, 2.24) is 0 Å². The largest absolute Gasteiger partial charge is 0.102 e. The predicted octanol–water partition coefficient (Wildman–Crippen LogP) is 3.50. The second-order valence-electron chi connectivity index (χ2n) is 2.99. The van der Waals surface area contributed by atoms with E-state index in [9.17, 15) is 0 Å². The van der Waals surface area contributed by atoms with E-state index in [1.54, 1.807) is 6.08 Å². The van der Waals surface area contributed by atoms with E-state index in [-0.39, 0.29) is 5.41 Å². The van der Waals surface area contributed by atoms with Gasteiger partial charge in [0.25, 0.3) is 0 Å². The van der Waals surface area contributed by atoms with E-state index in [0.29, 0.717) is 0 Å². The minimum Gasteiger partial charge on any atom is -0.102 e. The predicted molar refractivity (Wildman–Crippen MR) is 52.5 cm³/mol. The van der Waals surface area contributed by atoms with Gasteiger partial charge in [-0.1, -0.05) is 51.3 Å². The Hall–Kier alpha value is -1.04. The zero-order chi connectivity index (χ0) is 8.91. The summed E-state index contributed by atoms with van der Waals surface area (Å²) in [5, 5.41) is 0. The molecule has 0 atom stereocenters. The molecule has 0 aliphatic heterocycles. The molecule has 0 bridgehead atoms. The first-order valence-electron chi connectivity index (χ1n) is 3.67. The van der Waals surface area contributed by atoms with Crippen molar-refractivity contribution >= 4 is 0 Å².